The normalized spacial score (nSPS) is 15.3. The average molecular weight is 270 g/mol. The van der Waals surface area contributed by atoms with Crippen molar-refractivity contribution in [2.24, 2.45) is 5.73 Å². The molecule has 1 aliphatic heterocycles. The molecular formula is C15H18N4O. The van der Waals surface area contributed by atoms with Crippen LogP contribution in [-0.2, 0) is 0 Å². The van der Waals surface area contributed by atoms with Crippen molar-refractivity contribution >= 4 is 5.57 Å². The number of allylic oxidation sites excluding steroid dienone is 2. The minimum atomic E-state index is 0.109. The molecule has 0 bridgehead atoms. The number of nitrogens with one attached hydrogen (secondary N) is 2. The molecule has 5 N–H and O–H groups in total. The summed E-state index contributed by atoms with van der Waals surface area (Å²) in [5.41, 5.74) is 9.63. The van der Waals surface area contributed by atoms with E-state index in [2.05, 4.69) is 10.6 Å². The number of aromatic hydroxyl groups is 1. The fourth-order valence-corrected chi connectivity index (χ4v) is 2.35. The number of phenolic OH excluding ortho intramolecular Hbond substituents is 1. The first-order chi connectivity index (χ1) is 9.52. The van der Waals surface area contributed by atoms with E-state index >= 15 is 0 Å². The topological polar surface area (TPSA) is 94.1 Å². The Hall–Kier alpha value is -2.61. The molecule has 104 valence electrons. The summed E-state index contributed by atoms with van der Waals surface area (Å²) in [7, 11) is 0. The first kappa shape index (κ1) is 13.8. The fraction of sp³-hybridized carbons (Fsp3) is 0.267. The highest BCUT2D eigenvalue weighted by Crippen LogP contribution is 2.30. The number of aryl methyl sites for hydroxylation is 1. The zero-order valence-electron chi connectivity index (χ0n) is 11.6. The van der Waals surface area contributed by atoms with Crippen LogP contribution >= 0.6 is 0 Å². The molecule has 0 aliphatic carbocycles. The maximum absolute atomic E-state index is 10.1. The van der Waals surface area contributed by atoms with E-state index in [0.717, 1.165) is 35.5 Å². The molecule has 0 aromatic heterocycles. The molecule has 0 fully saturated rings. The third kappa shape index (κ3) is 2.69. The SMILES string of the molecule is C/C(=C\C1=C(N)NCCN1)c1c(C)cc(C#N)cc1O. The Labute approximate surface area is 118 Å². The van der Waals surface area contributed by atoms with Gasteiger partial charge in [-0.1, -0.05) is 0 Å². The quantitative estimate of drug-likeness (QED) is 0.650. The monoisotopic (exact) mass is 270 g/mol. The highest BCUT2D eigenvalue weighted by Gasteiger charge is 2.12. The van der Waals surface area contributed by atoms with Crippen LogP contribution in [0, 0.1) is 18.3 Å². The Bertz CT molecular complexity index is 615. The highest BCUT2D eigenvalue weighted by molar-refractivity contribution is 5.74. The summed E-state index contributed by atoms with van der Waals surface area (Å²) in [6, 6.07) is 5.27. The predicted molar refractivity (Wildman–Crippen MR) is 78.4 cm³/mol. The van der Waals surface area contributed by atoms with E-state index in [-0.39, 0.29) is 5.75 Å². The van der Waals surface area contributed by atoms with Gasteiger partial charge in [0.15, 0.2) is 0 Å². The second kappa shape index (κ2) is 5.57. The molecule has 1 aromatic carbocycles. The number of hydrogen-bond acceptors (Lipinski definition) is 5. The Balaban J connectivity index is 2.44. The molecule has 0 spiro atoms. The van der Waals surface area contributed by atoms with Gasteiger partial charge in [0.05, 0.1) is 17.3 Å². The van der Waals surface area contributed by atoms with Crippen molar-refractivity contribution in [1.82, 2.24) is 10.6 Å². The van der Waals surface area contributed by atoms with Crippen molar-refractivity contribution in [2.45, 2.75) is 13.8 Å². The molecule has 20 heavy (non-hydrogen) atoms. The van der Waals surface area contributed by atoms with Gasteiger partial charge in [0, 0.05) is 18.7 Å². The van der Waals surface area contributed by atoms with Crippen LogP contribution in [-0.4, -0.2) is 18.2 Å². The molecule has 1 heterocycles. The molecule has 0 saturated carbocycles. The van der Waals surface area contributed by atoms with Gasteiger partial charge in [0.2, 0.25) is 0 Å². The van der Waals surface area contributed by atoms with E-state index in [0.29, 0.717) is 11.4 Å². The Morgan fingerprint density at radius 1 is 1.40 bits per heavy atom. The van der Waals surface area contributed by atoms with Gasteiger partial charge in [-0.25, -0.2) is 0 Å². The molecule has 2 rings (SSSR count). The Morgan fingerprint density at radius 2 is 2.10 bits per heavy atom. The van der Waals surface area contributed by atoms with Crippen LogP contribution in [0.3, 0.4) is 0 Å². The van der Waals surface area contributed by atoms with E-state index in [1.807, 2.05) is 26.0 Å². The number of nitrogens with two attached hydrogens (primary N) is 1. The largest absolute Gasteiger partial charge is 0.507 e. The van der Waals surface area contributed by atoms with Gasteiger partial charge in [0.1, 0.15) is 11.6 Å². The van der Waals surface area contributed by atoms with Gasteiger partial charge >= 0.3 is 0 Å². The average Bonchev–Trinajstić information content (AvgIpc) is 2.40. The van der Waals surface area contributed by atoms with Gasteiger partial charge in [0.25, 0.3) is 0 Å². The number of hydrogen-bond donors (Lipinski definition) is 4. The number of rotatable bonds is 2. The Kier molecular flexibility index (Phi) is 3.85. The van der Waals surface area contributed by atoms with Crippen LogP contribution in [0.25, 0.3) is 5.57 Å². The van der Waals surface area contributed by atoms with Gasteiger partial charge in [-0.15, -0.1) is 0 Å². The highest BCUT2D eigenvalue weighted by atomic mass is 16.3. The second-order valence-electron chi connectivity index (χ2n) is 4.81. The lowest BCUT2D eigenvalue weighted by atomic mass is 9.97. The first-order valence-corrected chi connectivity index (χ1v) is 6.43. The summed E-state index contributed by atoms with van der Waals surface area (Å²) >= 11 is 0. The molecule has 1 aliphatic rings. The maximum Gasteiger partial charge on any atom is 0.124 e. The number of benzene rings is 1. The van der Waals surface area contributed by atoms with Crippen LogP contribution < -0.4 is 16.4 Å². The first-order valence-electron chi connectivity index (χ1n) is 6.43. The van der Waals surface area contributed by atoms with Crippen molar-refractivity contribution in [1.29, 1.82) is 5.26 Å². The molecule has 0 atom stereocenters. The van der Waals surface area contributed by atoms with Crippen LogP contribution in [0.2, 0.25) is 0 Å². The second-order valence-corrected chi connectivity index (χ2v) is 4.81. The lowest BCUT2D eigenvalue weighted by Crippen LogP contribution is -2.38. The number of nitriles is 1. The van der Waals surface area contributed by atoms with Crippen LogP contribution in [0.4, 0.5) is 0 Å². The fourth-order valence-electron chi connectivity index (χ4n) is 2.35. The van der Waals surface area contributed by atoms with Crippen molar-refractivity contribution in [3.63, 3.8) is 0 Å². The third-order valence-electron chi connectivity index (χ3n) is 3.25. The van der Waals surface area contributed by atoms with Crippen LogP contribution in [0.15, 0.2) is 29.7 Å². The van der Waals surface area contributed by atoms with Crippen molar-refractivity contribution in [3.05, 3.63) is 46.4 Å². The number of phenols is 1. The van der Waals surface area contributed by atoms with Gasteiger partial charge < -0.3 is 21.5 Å². The smallest absolute Gasteiger partial charge is 0.124 e. The zero-order valence-corrected chi connectivity index (χ0v) is 11.6. The van der Waals surface area contributed by atoms with Crippen molar-refractivity contribution in [2.75, 3.05) is 13.1 Å². The standard InChI is InChI=1S/C15H18N4O/c1-9-5-11(8-16)7-13(20)14(9)10(2)6-12-15(17)19-4-3-18-12/h5-7,18-20H,3-4,17H2,1-2H3/b10-6+. The predicted octanol–water partition coefficient (Wildman–Crippen LogP) is 1.30. The molecule has 0 amide bonds. The van der Waals surface area contributed by atoms with E-state index < -0.39 is 0 Å². The van der Waals surface area contributed by atoms with E-state index in [9.17, 15) is 5.11 Å². The molecule has 0 saturated heterocycles. The van der Waals surface area contributed by atoms with Crippen molar-refractivity contribution in [3.8, 4) is 11.8 Å². The van der Waals surface area contributed by atoms with E-state index in [1.165, 1.54) is 6.07 Å². The summed E-state index contributed by atoms with van der Waals surface area (Å²) < 4.78 is 0. The summed E-state index contributed by atoms with van der Waals surface area (Å²) in [6.07, 6.45) is 1.90. The lowest BCUT2D eigenvalue weighted by molar-refractivity contribution is 0.473. The molecule has 5 heteroatoms. The van der Waals surface area contributed by atoms with Crippen molar-refractivity contribution < 1.29 is 5.11 Å². The summed E-state index contributed by atoms with van der Waals surface area (Å²) in [4.78, 5) is 0. The lowest BCUT2D eigenvalue weighted by Gasteiger charge is -2.20. The minimum Gasteiger partial charge on any atom is -0.507 e. The molecule has 0 unspecified atom stereocenters. The molecule has 1 aromatic rings. The zero-order chi connectivity index (χ0) is 14.7. The minimum absolute atomic E-state index is 0.109. The van der Waals surface area contributed by atoms with Crippen LogP contribution in [0.1, 0.15) is 23.6 Å². The molecular weight excluding hydrogens is 252 g/mol. The van der Waals surface area contributed by atoms with Gasteiger partial charge in [-0.2, -0.15) is 5.26 Å². The number of nitrogens with zero attached hydrogens (tertiary/aromatic N) is 1. The Morgan fingerprint density at radius 3 is 2.70 bits per heavy atom. The maximum atomic E-state index is 10.1. The van der Waals surface area contributed by atoms with E-state index in [4.69, 9.17) is 11.0 Å². The molecule has 0 radical (unpaired) electrons. The van der Waals surface area contributed by atoms with E-state index in [1.54, 1.807) is 6.07 Å². The molecule has 5 nitrogen and oxygen atoms in total. The summed E-state index contributed by atoms with van der Waals surface area (Å²) in [5.74, 6) is 0.708. The summed E-state index contributed by atoms with van der Waals surface area (Å²) in [5, 5.41) is 25.3. The van der Waals surface area contributed by atoms with Gasteiger partial charge in [-0.05, 0) is 43.2 Å². The summed E-state index contributed by atoms with van der Waals surface area (Å²) in [6.45, 7) is 5.38. The third-order valence-corrected chi connectivity index (χ3v) is 3.25. The van der Waals surface area contributed by atoms with Crippen LogP contribution in [0.5, 0.6) is 5.75 Å². The van der Waals surface area contributed by atoms with Gasteiger partial charge in [-0.3, -0.25) is 0 Å².